The van der Waals surface area contributed by atoms with E-state index >= 15 is 0 Å². The third-order valence-corrected chi connectivity index (χ3v) is 4.02. The van der Waals surface area contributed by atoms with Gasteiger partial charge in [0.1, 0.15) is 5.56 Å². The maximum atomic E-state index is 11.8. The number of hydrogen-bond donors (Lipinski definition) is 0. The third-order valence-electron chi connectivity index (χ3n) is 4.02. The van der Waals surface area contributed by atoms with E-state index in [1.165, 1.54) is 13.5 Å². The van der Waals surface area contributed by atoms with E-state index < -0.39 is 0 Å². The predicted octanol–water partition coefficient (Wildman–Crippen LogP) is 2.28. The van der Waals surface area contributed by atoms with Crippen molar-refractivity contribution in [1.29, 1.82) is 0 Å². The first kappa shape index (κ1) is 13.1. The molecule has 1 unspecified atom stereocenters. The van der Waals surface area contributed by atoms with E-state index in [0.717, 1.165) is 25.2 Å². The van der Waals surface area contributed by atoms with Crippen LogP contribution in [0.5, 0.6) is 0 Å². The summed E-state index contributed by atoms with van der Waals surface area (Å²) in [6.45, 7) is 4.33. The number of rotatable bonds is 3. The number of aromatic nitrogens is 2. The summed E-state index contributed by atoms with van der Waals surface area (Å²) < 4.78 is 6.73. The molecule has 0 amide bonds. The summed E-state index contributed by atoms with van der Waals surface area (Å²) in [6, 6.07) is 3.96. The minimum atomic E-state index is -0.341. The lowest BCUT2D eigenvalue weighted by molar-refractivity contribution is 0.0602. The number of pyridine rings is 1. The lowest BCUT2D eigenvalue weighted by Crippen LogP contribution is -2.22. The van der Waals surface area contributed by atoms with Gasteiger partial charge in [-0.3, -0.25) is 4.90 Å². The Balaban J connectivity index is 2.04. The first-order chi connectivity index (χ1) is 9.74. The summed E-state index contributed by atoms with van der Waals surface area (Å²) >= 11 is 0. The highest BCUT2D eigenvalue weighted by Crippen LogP contribution is 2.31. The Bertz CT molecular complexity index is 635. The Morgan fingerprint density at radius 2 is 2.40 bits per heavy atom. The number of imidazole rings is 1. The molecule has 2 aromatic heterocycles. The molecule has 3 heterocycles. The summed E-state index contributed by atoms with van der Waals surface area (Å²) in [7, 11) is 1.39. The summed E-state index contributed by atoms with van der Waals surface area (Å²) in [5.74, 6) is -0.341. The van der Waals surface area contributed by atoms with Gasteiger partial charge in [0.15, 0.2) is 5.65 Å². The molecule has 0 aromatic carbocycles. The Labute approximate surface area is 118 Å². The molecule has 0 aliphatic carbocycles. The van der Waals surface area contributed by atoms with Gasteiger partial charge in [-0.05, 0) is 38.1 Å². The molecule has 1 aliphatic heterocycles. The second kappa shape index (κ2) is 5.25. The van der Waals surface area contributed by atoms with Crippen LogP contribution < -0.4 is 0 Å². The van der Waals surface area contributed by atoms with Crippen molar-refractivity contribution in [3.05, 3.63) is 35.8 Å². The van der Waals surface area contributed by atoms with Crippen LogP contribution in [-0.2, 0) is 4.74 Å². The van der Waals surface area contributed by atoms with E-state index in [1.54, 1.807) is 6.07 Å². The molecular weight excluding hydrogens is 254 g/mol. The largest absolute Gasteiger partial charge is 0.465 e. The zero-order valence-electron chi connectivity index (χ0n) is 11.9. The van der Waals surface area contributed by atoms with E-state index in [0.29, 0.717) is 17.3 Å². The predicted molar refractivity (Wildman–Crippen MR) is 75.8 cm³/mol. The van der Waals surface area contributed by atoms with Crippen LogP contribution in [0.15, 0.2) is 24.5 Å². The molecule has 1 atom stereocenters. The molecule has 0 N–H and O–H groups in total. The molecule has 1 fully saturated rings. The van der Waals surface area contributed by atoms with Gasteiger partial charge >= 0.3 is 5.97 Å². The highest BCUT2D eigenvalue weighted by molar-refractivity contribution is 5.95. The number of likely N-dealkylation sites (tertiary alicyclic amines) is 1. The van der Waals surface area contributed by atoms with Crippen LogP contribution >= 0.6 is 0 Å². The molecule has 0 radical (unpaired) electrons. The van der Waals surface area contributed by atoms with E-state index in [2.05, 4.69) is 16.8 Å². The fourth-order valence-electron chi connectivity index (χ4n) is 3.00. The van der Waals surface area contributed by atoms with Crippen LogP contribution in [0, 0.1) is 0 Å². The molecular formula is C15H19N3O2. The first-order valence-corrected chi connectivity index (χ1v) is 7.04. The van der Waals surface area contributed by atoms with Gasteiger partial charge in [-0.25, -0.2) is 9.78 Å². The minimum absolute atomic E-state index is 0.341. The van der Waals surface area contributed by atoms with E-state index in [9.17, 15) is 4.79 Å². The zero-order valence-corrected chi connectivity index (χ0v) is 11.9. The highest BCUT2D eigenvalue weighted by Gasteiger charge is 2.27. The lowest BCUT2D eigenvalue weighted by atomic mass is 10.1. The second-order valence-electron chi connectivity index (χ2n) is 5.10. The molecule has 106 valence electrons. The molecule has 3 rings (SSSR count). The normalized spacial score (nSPS) is 19.6. The summed E-state index contributed by atoms with van der Waals surface area (Å²) in [5.41, 5.74) is 2.24. The average Bonchev–Trinajstić information content (AvgIpc) is 3.10. The van der Waals surface area contributed by atoms with Crippen LogP contribution in [0.1, 0.15) is 41.9 Å². The zero-order chi connectivity index (χ0) is 14.1. The summed E-state index contributed by atoms with van der Waals surface area (Å²) in [6.07, 6.45) is 6.28. The number of hydrogen-bond acceptors (Lipinski definition) is 4. The number of ether oxygens (including phenoxy) is 1. The Kier molecular flexibility index (Phi) is 3.44. The van der Waals surface area contributed by atoms with Crippen molar-refractivity contribution in [2.45, 2.75) is 25.8 Å². The van der Waals surface area contributed by atoms with Crippen molar-refractivity contribution < 1.29 is 9.53 Å². The molecule has 0 spiro atoms. The van der Waals surface area contributed by atoms with E-state index in [1.807, 2.05) is 22.9 Å². The molecule has 0 bridgehead atoms. The number of nitrogens with zero attached hydrogens (tertiary/aromatic N) is 3. The van der Waals surface area contributed by atoms with Crippen molar-refractivity contribution >= 4 is 11.6 Å². The van der Waals surface area contributed by atoms with Crippen LogP contribution in [0.25, 0.3) is 5.65 Å². The van der Waals surface area contributed by atoms with Gasteiger partial charge < -0.3 is 9.14 Å². The van der Waals surface area contributed by atoms with Crippen molar-refractivity contribution in [2.24, 2.45) is 0 Å². The fourth-order valence-corrected chi connectivity index (χ4v) is 3.00. The average molecular weight is 273 g/mol. The van der Waals surface area contributed by atoms with Crippen molar-refractivity contribution in [2.75, 3.05) is 20.2 Å². The van der Waals surface area contributed by atoms with Gasteiger partial charge in [-0.2, -0.15) is 0 Å². The highest BCUT2D eigenvalue weighted by atomic mass is 16.5. The number of methoxy groups -OCH3 is 1. The van der Waals surface area contributed by atoms with Gasteiger partial charge in [0.25, 0.3) is 0 Å². The van der Waals surface area contributed by atoms with Crippen molar-refractivity contribution in [3.63, 3.8) is 0 Å². The van der Waals surface area contributed by atoms with Gasteiger partial charge in [0, 0.05) is 12.4 Å². The van der Waals surface area contributed by atoms with E-state index in [-0.39, 0.29) is 5.97 Å². The topological polar surface area (TPSA) is 46.8 Å². The molecule has 1 aliphatic rings. The standard InChI is InChI=1S/C15H19N3O2/c1-3-17-8-5-7-13(17)12-10-18-9-4-6-11(14(18)16-12)15(19)20-2/h4,6,9-10,13H,3,5,7-8H2,1-2H3. The summed E-state index contributed by atoms with van der Waals surface area (Å²) in [5, 5.41) is 0. The van der Waals surface area contributed by atoms with Gasteiger partial charge in [0.2, 0.25) is 0 Å². The van der Waals surface area contributed by atoms with Gasteiger partial charge in [0.05, 0.1) is 18.8 Å². The Morgan fingerprint density at radius 3 is 3.15 bits per heavy atom. The molecule has 5 nitrogen and oxygen atoms in total. The number of carbonyl (C=O) groups excluding carboxylic acids is 1. The number of fused-ring (bicyclic) bond motifs is 1. The number of esters is 1. The molecule has 1 saturated heterocycles. The first-order valence-electron chi connectivity index (χ1n) is 7.04. The van der Waals surface area contributed by atoms with Crippen molar-refractivity contribution in [1.82, 2.24) is 14.3 Å². The van der Waals surface area contributed by atoms with Crippen molar-refractivity contribution in [3.8, 4) is 0 Å². The third kappa shape index (κ3) is 2.08. The van der Waals surface area contributed by atoms with Gasteiger partial charge in [-0.15, -0.1) is 0 Å². The van der Waals surface area contributed by atoms with Crippen LogP contribution in [0.2, 0.25) is 0 Å². The maximum absolute atomic E-state index is 11.8. The maximum Gasteiger partial charge on any atom is 0.341 e. The molecule has 2 aromatic rings. The van der Waals surface area contributed by atoms with Gasteiger partial charge in [-0.1, -0.05) is 6.92 Å². The SMILES string of the molecule is CCN1CCCC1c1cn2cccc(C(=O)OC)c2n1. The quantitative estimate of drug-likeness (QED) is 0.805. The monoisotopic (exact) mass is 273 g/mol. The summed E-state index contributed by atoms with van der Waals surface area (Å²) in [4.78, 5) is 18.9. The lowest BCUT2D eigenvalue weighted by Gasteiger charge is -2.20. The second-order valence-corrected chi connectivity index (χ2v) is 5.10. The fraction of sp³-hybridized carbons (Fsp3) is 0.467. The van der Waals surface area contributed by atoms with E-state index in [4.69, 9.17) is 4.74 Å². The Morgan fingerprint density at radius 1 is 1.55 bits per heavy atom. The smallest absolute Gasteiger partial charge is 0.341 e. The molecule has 5 heteroatoms. The number of carbonyl (C=O) groups is 1. The Hall–Kier alpha value is -1.88. The minimum Gasteiger partial charge on any atom is -0.465 e. The van der Waals surface area contributed by atoms with Crippen LogP contribution in [-0.4, -0.2) is 40.5 Å². The van der Waals surface area contributed by atoms with Crippen LogP contribution in [0.3, 0.4) is 0 Å². The molecule has 20 heavy (non-hydrogen) atoms. The molecule has 0 saturated carbocycles. The van der Waals surface area contributed by atoms with Crippen LogP contribution in [0.4, 0.5) is 0 Å².